The minimum absolute atomic E-state index is 0.0102. The fourth-order valence-electron chi connectivity index (χ4n) is 3.64. The van der Waals surface area contributed by atoms with Crippen LogP contribution in [0.25, 0.3) is 16.7 Å². The van der Waals surface area contributed by atoms with Crippen molar-refractivity contribution >= 4 is 15.6 Å². The molecule has 3 aromatic rings. The predicted octanol–water partition coefficient (Wildman–Crippen LogP) is 5.64. The van der Waals surface area contributed by atoms with Gasteiger partial charge in [0.2, 0.25) is 0 Å². The highest BCUT2D eigenvalue weighted by Gasteiger charge is 2.26. The number of nitrogens with one attached hydrogen (secondary N) is 1. The van der Waals surface area contributed by atoms with E-state index in [9.17, 15) is 8.42 Å². The second-order valence-electron chi connectivity index (χ2n) is 8.55. The van der Waals surface area contributed by atoms with Gasteiger partial charge in [-0.25, -0.2) is 8.42 Å². The highest BCUT2D eigenvalue weighted by molar-refractivity contribution is 7.89. The Hall–Kier alpha value is -2.85. The van der Waals surface area contributed by atoms with Crippen molar-refractivity contribution in [2.24, 2.45) is 0 Å². The van der Waals surface area contributed by atoms with Gasteiger partial charge in [-0.15, -0.1) is 0 Å². The molecule has 29 heavy (non-hydrogen) atoms. The van der Waals surface area contributed by atoms with E-state index in [1.807, 2.05) is 25.1 Å². The van der Waals surface area contributed by atoms with Crippen LogP contribution in [0.2, 0.25) is 0 Å². The Morgan fingerprint density at radius 3 is 2.07 bits per heavy atom. The lowest BCUT2D eigenvalue weighted by Crippen LogP contribution is -2.18. The third kappa shape index (κ3) is 3.60. The summed E-state index contributed by atoms with van der Waals surface area (Å²) in [4.78, 5) is 0.259. The van der Waals surface area contributed by atoms with Crippen molar-refractivity contribution in [2.45, 2.75) is 38.0 Å². The Kier molecular flexibility index (Phi) is 4.62. The molecule has 0 atom stereocenters. The van der Waals surface area contributed by atoms with Crippen molar-refractivity contribution in [1.29, 1.82) is 0 Å². The SMILES string of the molecule is Cc1ccc(S(=O)(=O)N/C=C2\c3ccccc3-c3ccc(C(C)(C)C)cc32)cc1. The number of hydrogen-bond acceptors (Lipinski definition) is 2. The van der Waals surface area contributed by atoms with Crippen molar-refractivity contribution in [3.63, 3.8) is 0 Å². The quantitative estimate of drug-likeness (QED) is 0.481. The van der Waals surface area contributed by atoms with Crippen molar-refractivity contribution in [1.82, 2.24) is 4.72 Å². The lowest BCUT2D eigenvalue weighted by molar-refractivity contribution is 0.589. The van der Waals surface area contributed by atoms with Gasteiger partial charge in [0.25, 0.3) is 10.0 Å². The number of fused-ring (bicyclic) bond motifs is 3. The van der Waals surface area contributed by atoms with Crippen LogP contribution < -0.4 is 4.72 Å². The molecular weight excluding hydrogens is 378 g/mol. The van der Waals surface area contributed by atoms with Crippen LogP contribution in [0.15, 0.2) is 77.8 Å². The summed E-state index contributed by atoms with van der Waals surface area (Å²) in [6, 6.07) is 21.5. The molecule has 0 unspecified atom stereocenters. The Bertz CT molecular complexity index is 1210. The van der Waals surface area contributed by atoms with Crippen molar-refractivity contribution in [3.8, 4) is 11.1 Å². The first-order chi connectivity index (χ1) is 13.7. The van der Waals surface area contributed by atoms with E-state index in [2.05, 4.69) is 49.8 Å². The minimum Gasteiger partial charge on any atom is -0.286 e. The van der Waals surface area contributed by atoms with Crippen LogP contribution in [0.3, 0.4) is 0 Å². The van der Waals surface area contributed by atoms with Gasteiger partial charge in [-0.1, -0.05) is 74.9 Å². The summed E-state index contributed by atoms with van der Waals surface area (Å²) in [7, 11) is -3.63. The van der Waals surface area contributed by atoms with Gasteiger partial charge in [0.1, 0.15) is 0 Å². The molecule has 0 saturated heterocycles. The zero-order valence-corrected chi connectivity index (χ0v) is 18.0. The lowest BCUT2D eigenvalue weighted by Gasteiger charge is -2.20. The molecule has 4 rings (SSSR count). The molecule has 148 valence electrons. The molecule has 0 heterocycles. The van der Waals surface area contributed by atoms with Gasteiger partial charge in [-0.05, 0) is 58.4 Å². The van der Waals surface area contributed by atoms with E-state index in [-0.39, 0.29) is 10.3 Å². The van der Waals surface area contributed by atoms with Gasteiger partial charge in [-0.3, -0.25) is 4.72 Å². The lowest BCUT2D eigenvalue weighted by atomic mass is 9.85. The second-order valence-corrected chi connectivity index (χ2v) is 10.3. The largest absolute Gasteiger partial charge is 0.286 e. The Morgan fingerprint density at radius 1 is 0.793 bits per heavy atom. The van der Waals surface area contributed by atoms with Crippen LogP contribution in [-0.2, 0) is 15.4 Å². The van der Waals surface area contributed by atoms with Crippen LogP contribution in [0, 0.1) is 6.92 Å². The maximum atomic E-state index is 12.8. The van der Waals surface area contributed by atoms with Gasteiger partial charge in [0.05, 0.1) is 4.90 Å². The van der Waals surface area contributed by atoms with E-state index in [4.69, 9.17) is 0 Å². The fourth-order valence-corrected chi connectivity index (χ4v) is 4.55. The Morgan fingerprint density at radius 2 is 1.41 bits per heavy atom. The van der Waals surface area contributed by atoms with Crippen LogP contribution in [0.4, 0.5) is 0 Å². The van der Waals surface area contributed by atoms with Crippen LogP contribution in [0.1, 0.15) is 43.0 Å². The summed E-state index contributed by atoms with van der Waals surface area (Å²) in [5.41, 5.74) is 7.52. The molecule has 0 radical (unpaired) electrons. The Balaban J connectivity index is 1.80. The number of rotatable bonds is 3. The molecule has 1 N–H and O–H groups in total. The van der Waals surface area contributed by atoms with Crippen LogP contribution in [-0.4, -0.2) is 8.42 Å². The van der Waals surface area contributed by atoms with E-state index in [1.165, 1.54) is 5.56 Å². The first-order valence-electron chi connectivity index (χ1n) is 9.71. The zero-order valence-electron chi connectivity index (χ0n) is 17.2. The van der Waals surface area contributed by atoms with Crippen molar-refractivity contribution in [2.75, 3.05) is 0 Å². The van der Waals surface area contributed by atoms with E-state index in [1.54, 1.807) is 30.5 Å². The maximum absolute atomic E-state index is 12.8. The van der Waals surface area contributed by atoms with E-state index in [0.717, 1.165) is 33.4 Å². The number of benzene rings is 3. The molecule has 3 nitrogen and oxygen atoms in total. The van der Waals surface area contributed by atoms with Gasteiger partial charge in [0, 0.05) is 11.8 Å². The van der Waals surface area contributed by atoms with Gasteiger partial charge in [0.15, 0.2) is 0 Å². The second kappa shape index (κ2) is 6.89. The highest BCUT2D eigenvalue weighted by Crippen LogP contribution is 2.45. The summed E-state index contributed by atoms with van der Waals surface area (Å²) < 4.78 is 28.3. The van der Waals surface area contributed by atoms with E-state index < -0.39 is 10.0 Å². The van der Waals surface area contributed by atoms with Crippen LogP contribution in [0.5, 0.6) is 0 Å². The van der Waals surface area contributed by atoms with Crippen molar-refractivity contribution < 1.29 is 8.42 Å². The van der Waals surface area contributed by atoms with Gasteiger partial charge < -0.3 is 0 Å². The third-order valence-electron chi connectivity index (χ3n) is 5.37. The standard InChI is InChI=1S/C25H25NO2S/c1-17-9-12-19(13-10-17)29(27,28)26-16-24-21-8-6-5-7-20(21)22-14-11-18(15-23(22)24)25(2,3)4/h5-16,26H,1-4H3/b24-16+. The monoisotopic (exact) mass is 403 g/mol. The number of hydrogen-bond donors (Lipinski definition) is 1. The topological polar surface area (TPSA) is 46.2 Å². The first kappa shape index (κ1) is 19.5. The summed E-state index contributed by atoms with van der Waals surface area (Å²) in [6.45, 7) is 8.48. The predicted molar refractivity (Wildman–Crippen MR) is 119 cm³/mol. The number of sulfonamides is 1. The summed E-state index contributed by atoms with van der Waals surface area (Å²) in [5.74, 6) is 0. The molecule has 0 bridgehead atoms. The summed E-state index contributed by atoms with van der Waals surface area (Å²) >= 11 is 0. The molecule has 0 aliphatic heterocycles. The molecule has 3 aromatic carbocycles. The van der Waals surface area contributed by atoms with Gasteiger partial charge >= 0.3 is 0 Å². The minimum atomic E-state index is -3.63. The average Bonchev–Trinajstić information content (AvgIpc) is 2.99. The zero-order chi connectivity index (χ0) is 20.8. The first-order valence-corrected chi connectivity index (χ1v) is 11.2. The van der Waals surface area contributed by atoms with Gasteiger partial charge in [-0.2, -0.15) is 0 Å². The fraction of sp³-hybridized carbons (Fsp3) is 0.200. The molecule has 1 aliphatic carbocycles. The molecule has 0 spiro atoms. The summed E-state index contributed by atoms with van der Waals surface area (Å²) in [5, 5.41) is 0. The molecule has 0 amide bonds. The molecule has 0 fully saturated rings. The Labute approximate surface area is 173 Å². The molecule has 0 aromatic heterocycles. The van der Waals surface area contributed by atoms with E-state index >= 15 is 0 Å². The molecular formula is C25H25NO2S. The number of aryl methyl sites for hydroxylation is 1. The maximum Gasteiger partial charge on any atom is 0.261 e. The molecule has 4 heteroatoms. The van der Waals surface area contributed by atoms with Crippen LogP contribution >= 0.6 is 0 Å². The normalized spacial score (nSPS) is 14.6. The van der Waals surface area contributed by atoms with E-state index in [0.29, 0.717) is 0 Å². The molecule has 1 aliphatic rings. The van der Waals surface area contributed by atoms with Crippen molar-refractivity contribution in [3.05, 3.63) is 95.2 Å². The molecule has 0 saturated carbocycles. The average molecular weight is 404 g/mol. The third-order valence-corrected chi connectivity index (χ3v) is 6.69. The highest BCUT2D eigenvalue weighted by atomic mass is 32.2. The summed E-state index contributed by atoms with van der Waals surface area (Å²) in [6.07, 6.45) is 1.63. The smallest absolute Gasteiger partial charge is 0.261 e.